The number of aromatic nitrogens is 1. The van der Waals surface area contributed by atoms with Crippen molar-refractivity contribution in [1.82, 2.24) is 9.88 Å². The Morgan fingerprint density at radius 1 is 1.50 bits per heavy atom. The van der Waals surface area contributed by atoms with Crippen LogP contribution >= 0.6 is 0 Å². The average Bonchev–Trinajstić information content (AvgIpc) is 2.77. The molecule has 1 atom stereocenters. The maximum Gasteiger partial charge on any atom is 0.0472 e. The molecule has 0 amide bonds. The van der Waals surface area contributed by atoms with Crippen molar-refractivity contribution in [3.05, 3.63) is 24.0 Å². The summed E-state index contributed by atoms with van der Waals surface area (Å²) < 4.78 is 7.73. The Morgan fingerprint density at radius 3 is 2.88 bits per heavy atom. The van der Waals surface area contributed by atoms with Crippen molar-refractivity contribution in [2.45, 2.75) is 32.4 Å². The summed E-state index contributed by atoms with van der Waals surface area (Å²) in [6.45, 7) is 6.28. The van der Waals surface area contributed by atoms with Gasteiger partial charge in [0.2, 0.25) is 0 Å². The van der Waals surface area contributed by atoms with Crippen LogP contribution in [-0.2, 0) is 11.3 Å². The lowest BCUT2D eigenvalue weighted by atomic mass is 9.66. The highest BCUT2D eigenvalue weighted by Gasteiger charge is 2.48. The van der Waals surface area contributed by atoms with Gasteiger partial charge in [0.05, 0.1) is 0 Å². The molecule has 3 rings (SSSR count). The number of aryl methyl sites for hydroxylation is 1. The number of nitrogens with zero attached hydrogens (tertiary/aromatic N) is 1. The van der Waals surface area contributed by atoms with Gasteiger partial charge in [0.15, 0.2) is 0 Å². The molecule has 2 saturated heterocycles. The smallest absolute Gasteiger partial charge is 0.0472 e. The number of hydrogen-bond acceptors (Lipinski definition) is 2. The van der Waals surface area contributed by atoms with Crippen LogP contribution in [0.4, 0.5) is 0 Å². The largest absolute Gasteiger partial charge is 0.381 e. The van der Waals surface area contributed by atoms with Gasteiger partial charge in [-0.3, -0.25) is 0 Å². The Labute approximate surface area is 96.8 Å². The third-order valence-electron chi connectivity index (χ3n) is 4.23. The number of rotatable bonds is 2. The van der Waals surface area contributed by atoms with Crippen molar-refractivity contribution in [2.24, 2.45) is 5.41 Å². The van der Waals surface area contributed by atoms with E-state index in [0.29, 0.717) is 11.5 Å². The van der Waals surface area contributed by atoms with Gasteiger partial charge in [-0.15, -0.1) is 0 Å². The van der Waals surface area contributed by atoms with Gasteiger partial charge in [-0.05, 0) is 31.4 Å². The summed E-state index contributed by atoms with van der Waals surface area (Å²) in [5.41, 5.74) is 1.94. The van der Waals surface area contributed by atoms with E-state index in [-0.39, 0.29) is 0 Å². The van der Waals surface area contributed by atoms with Crippen molar-refractivity contribution in [3.8, 4) is 0 Å². The lowest BCUT2D eigenvalue weighted by Crippen LogP contribution is -2.58. The highest BCUT2D eigenvalue weighted by Crippen LogP contribution is 2.48. The molecule has 0 aliphatic carbocycles. The summed E-state index contributed by atoms with van der Waals surface area (Å²) in [5, 5.41) is 3.59. The number of hydrogen-bond donors (Lipinski definition) is 1. The Morgan fingerprint density at radius 2 is 2.31 bits per heavy atom. The second kappa shape index (κ2) is 3.90. The molecule has 0 radical (unpaired) electrons. The molecule has 0 saturated carbocycles. The minimum absolute atomic E-state index is 0.484. The van der Waals surface area contributed by atoms with Crippen LogP contribution < -0.4 is 5.32 Å². The van der Waals surface area contributed by atoms with E-state index in [2.05, 4.69) is 35.3 Å². The fraction of sp³-hybridized carbons (Fsp3) is 0.692. The molecule has 3 nitrogen and oxygen atoms in total. The predicted octanol–water partition coefficient (Wildman–Crippen LogP) is 1.95. The normalized spacial score (nSPS) is 27.9. The lowest BCUT2D eigenvalue weighted by Gasteiger charge is -2.52. The van der Waals surface area contributed by atoms with E-state index in [0.717, 1.165) is 19.8 Å². The lowest BCUT2D eigenvalue weighted by molar-refractivity contribution is -0.0479. The van der Waals surface area contributed by atoms with Crippen LogP contribution in [-0.4, -0.2) is 24.3 Å². The summed E-state index contributed by atoms with van der Waals surface area (Å²) in [4.78, 5) is 0. The van der Waals surface area contributed by atoms with E-state index >= 15 is 0 Å². The molecule has 16 heavy (non-hydrogen) atoms. The van der Waals surface area contributed by atoms with Gasteiger partial charge in [0, 0.05) is 50.2 Å². The highest BCUT2D eigenvalue weighted by atomic mass is 16.5. The molecule has 1 aromatic heterocycles. The van der Waals surface area contributed by atoms with Gasteiger partial charge >= 0.3 is 0 Å². The van der Waals surface area contributed by atoms with E-state index in [1.165, 1.54) is 24.9 Å². The number of nitrogens with one attached hydrogen (secondary N) is 1. The summed E-state index contributed by atoms with van der Waals surface area (Å²) in [6, 6.07) is 2.82. The molecule has 2 aliphatic heterocycles. The first-order chi connectivity index (χ1) is 7.84. The molecular formula is C13H20N2O. The summed E-state index contributed by atoms with van der Waals surface area (Å²) in [6.07, 6.45) is 6.89. The second-order valence-electron chi connectivity index (χ2n) is 5.06. The van der Waals surface area contributed by atoms with Crippen LogP contribution in [0.3, 0.4) is 0 Å². The molecular weight excluding hydrogens is 200 g/mol. The minimum Gasteiger partial charge on any atom is -0.381 e. The molecule has 0 unspecified atom stereocenters. The molecule has 3 heteroatoms. The van der Waals surface area contributed by atoms with Gasteiger partial charge in [0.1, 0.15) is 0 Å². The zero-order valence-corrected chi connectivity index (χ0v) is 9.91. The molecule has 88 valence electrons. The average molecular weight is 220 g/mol. The molecule has 1 aromatic rings. The van der Waals surface area contributed by atoms with E-state index in [9.17, 15) is 0 Å². The third-order valence-corrected chi connectivity index (χ3v) is 4.23. The Balaban J connectivity index is 1.79. The van der Waals surface area contributed by atoms with Crippen molar-refractivity contribution in [2.75, 3.05) is 19.8 Å². The Bertz CT molecular complexity index is 366. The van der Waals surface area contributed by atoms with Crippen LogP contribution in [0.15, 0.2) is 18.5 Å². The first kappa shape index (κ1) is 10.4. The third kappa shape index (κ3) is 1.50. The Kier molecular flexibility index (Phi) is 2.52. The van der Waals surface area contributed by atoms with E-state index < -0.39 is 0 Å². The van der Waals surface area contributed by atoms with E-state index in [4.69, 9.17) is 4.74 Å². The number of ether oxygens (including phenoxy) is 1. The molecule has 0 bridgehead atoms. The van der Waals surface area contributed by atoms with Crippen molar-refractivity contribution < 1.29 is 4.74 Å². The first-order valence-corrected chi connectivity index (χ1v) is 6.31. The molecule has 1 spiro atoms. The summed E-state index contributed by atoms with van der Waals surface area (Å²) in [7, 11) is 0. The minimum atomic E-state index is 0.484. The quantitative estimate of drug-likeness (QED) is 0.824. The maximum absolute atomic E-state index is 5.48. The van der Waals surface area contributed by atoms with Crippen LogP contribution in [0.2, 0.25) is 0 Å². The molecule has 0 aromatic carbocycles. The Hall–Kier alpha value is -0.800. The SMILES string of the molecule is CCn1ccc([C@H]2NCC23CCOCC3)c1. The fourth-order valence-corrected chi connectivity index (χ4v) is 3.03. The van der Waals surface area contributed by atoms with Crippen LogP contribution in [0, 0.1) is 5.41 Å². The van der Waals surface area contributed by atoms with Crippen LogP contribution in [0.5, 0.6) is 0 Å². The monoisotopic (exact) mass is 220 g/mol. The standard InChI is InChI=1S/C13H20N2O/c1-2-15-6-3-11(9-15)12-13(10-14-12)4-7-16-8-5-13/h3,6,9,12,14H,2,4-5,7-8,10H2,1H3/t12-/m1/s1. The van der Waals surface area contributed by atoms with Crippen LogP contribution in [0.1, 0.15) is 31.4 Å². The van der Waals surface area contributed by atoms with E-state index in [1.54, 1.807) is 0 Å². The predicted molar refractivity (Wildman–Crippen MR) is 63.3 cm³/mol. The van der Waals surface area contributed by atoms with Crippen molar-refractivity contribution in [1.29, 1.82) is 0 Å². The zero-order chi connectivity index (χ0) is 11.0. The summed E-state index contributed by atoms with van der Waals surface area (Å²) >= 11 is 0. The second-order valence-corrected chi connectivity index (χ2v) is 5.06. The fourth-order valence-electron chi connectivity index (χ4n) is 3.03. The van der Waals surface area contributed by atoms with Crippen molar-refractivity contribution >= 4 is 0 Å². The highest BCUT2D eigenvalue weighted by molar-refractivity contribution is 5.23. The van der Waals surface area contributed by atoms with Gasteiger partial charge < -0.3 is 14.6 Å². The van der Waals surface area contributed by atoms with Gasteiger partial charge in [-0.2, -0.15) is 0 Å². The van der Waals surface area contributed by atoms with Crippen molar-refractivity contribution in [3.63, 3.8) is 0 Å². The van der Waals surface area contributed by atoms with Gasteiger partial charge in [0.25, 0.3) is 0 Å². The van der Waals surface area contributed by atoms with Crippen LogP contribution in [0.25, 0.3) is 0 Å². The maximum atomic E-state index is 5.48. The zero-order valence-electron chi connectivity index (χ0n) is 9.91. The molecule has 1 N–H and O–H groups in total. The van der Waals surface area contributed by atoms with E-state index in [1.807, 2.05) is 0 Å². The first-order valence-electron chi connectivity index (χ1n) is 6.31. The van der Waals surface area contributed by atoms with Gasteiger partial charge in [-0.25, -0.2) is 0 Å². The topological polar surface area (TPSA) is 26.2 Å². The summed E-state index contributed by atoms with van der Waals surface area (Å²) in [5.74, 6) is 0. The van der Waals surface area contributed by atoms with Gasteiger partial charge in [-0.1, -0.05) is 0 Å². The molecule has 2 aliphatic rings. The molecule has 3 heterocycles. The molecule has 2 fully saturated rings.